The zero-order valence-electron chi connectivity index (χ0n) is 19.0. The van der Waals surface area contributed by atoms with Gasteiger partial charge in [-0.1, -0.05) is 13.0 Å². The molecule has 4 aromatic heterocycles. The van der Waals surface area contributed by atoms with Crippen molar-refractivity contribution >= 4 is 27.5 Å². The van der Waals surface area contributed by atoms with Crippen LogP contribution in [0.2, 0.25) is 0 Å². The van der Waals surface area contributed by atoms with Crippen molar-refractivity contribution < 1.29 is 4.79 Å². The predicted molar refractivity (Wildman–Crippen MR) is 131 cm³/mol. The van der Waals surface area contributed by atoms with Crippen LogP contribution in [0.25, 0.3) is 21.6 Å². The van der Waals surface area contributed by atoms with E-state index in [9.17, 15) is 4.79 Å². The van der Waals surface area contributed by atoms with Crippen molar-refractivity contribution in [2.24, 2.45) is 7.05 Å². The van der Waals surface area contributed by atoms with Gasteiger partial charge in [0, 0.05) is 38.4 Å². The number of nitrogens with zero attached hydrogens (tertiary/aromatic N) is 5. The molecular formula is C25H28N6OS. The minimum atomic E-state index is -0.101. The summed E-state index contributed by atoms with van der Waals surface area (Å²) < 4.78 is 2.89. The van der Waals surface area contributed by atoms with E-state index < -0.39 is 0 Å². The fourth-order valence-electron chi connectivity index (χ4n) is 4.57. The van der Waals surface area contributed by atoms with Crippen molar-refractivity contribution in [2.75, 3.05) is 19.6 Å². The van der Waals surface area contributed by atoms with Gasteiger partial charge in [-0.2, -0.15) is 5.10 Å². The highest BCUT2D eigenvalue weighted by Crippen LogP contribution is 2.27. The number of hydrogen-bond acceptors (Lipinski definition) is 6. The van der Waals surface area contributed by atoms with Crippen molar-refractivity contribution in [3.63, 3.8) is 0 Å². The molecule has 1 N–H and O–H groups in total. The summed E-state index contributed by atoms with van der Waals surface area (Å²) in [6.07, 6.45) is 6.84. The zero-order valence-corrected chi connectivity index (χ0v) is 19.8. The Balaban J connectivity index is 1.34. The highest BCUT2D eigenvalue weighted by Gasteiger charge is 2.24. The van der Waals surface area contributed by atoms with Crippen LogP contribution in [-0.4, -0.2) is 56.2 Å². The summed E-state index contributed by atoms with van der Waals surface area (Å²) in [6.45, 7) is 4.99. The number of rotatable bonds is 7. The predicted octanol–water partition coefficient (Wildman–Crippen LogP) is 3.90. The number of aromatic nitrogens is 4. The van der Waals surface area contributed by atoms with Crippen LogP contribution in [0.3, 0.4) is 0 Å². The number of fused-ring (bicyclic) bond motifs is 1. The van der Waals surface area contributed by atoms with Gasteiger partial charge < -0.3 is 5.32 Å². The Labute approximate surface area is 197 Å². The van der Waals surface area contributed by atoms with Gasteiger partial charge in [-0.25, -0.2) is 4.98 Å². The van der Waals surface area contributed by atoms with Crippen molar-refractivity contribution in [1.29, 1.82) is 0 Å². The quantitative estimate of drug-likeness (QED) is 0.453. The maximum atomic E-state index is 13.0. The molecule has 33 heavy (non-hydrogen) atoms. The number of likely N-dealkylation sites (N-methyl/N-ethyl adjacent to an activating group) is 1. The van der Waals surface area contributed by atoms with Gasteiger partial charge in [0.05, 0.1) is 15.9 Å². The Hall–Kier alpha value is -3.10. The minimum Gasteiger partial charge on any atom is -0.349 e. The molecule has 5 rings (SSSR count). The van der Waals surface area contributed by atoms with Gasteiger partial charge in [-0.15, -0.1) is 11.3 Å². The molecule has 0 radical (unpaired) electrons. The van der Waals surface area contributed by atoms with E-state index in [-0.39, 0.29) is 5.91 Å². The Kier molecular flexibility index (Phi) is 6.20. The molecule has 0 unspecified atom stereocenters. The molecule has 4 aromatic rings. The molecule has 8 heteroatoms. The Bertz CT molecular complexity index is 1260. The van der Waals surface area contributed by atoms with Gasteiger partial charge in [0.2, 0.25) is 0 Å². The van der Waals surface area contributed by atoms with Gasteiger partial charge in [-0.05, 0) is 66.7 Å². The monoisotopic (exact) mass is 460 g/mol. The summed E-state index contributed by atoms with van der Waals surface area (Å²) in [7, 11) is 1.90. The Morgan fingerprint density at radius 1 is 1.24 bits per heavy atom. The summed E-state index contributed by atoms with van der Waals surface area (Å²) in [5.41, 5.74) is 5.25. The fourth-order valence-corrected chi connectivity index (χ4v) is 5.42. The molecule has 170 valence electrons. The van der Waals surface area contributed by atoms with Crippen molar-refractivity contribution in [1.82, 2.24) is 30.0 Å². The average Bonchev–Trinajstić information content (AvgIpc) is 3.58. The van der Waals surface area contributed by atoms with E-state index >= 15 is 0 Å². The van der Waals surface area contributed by atoms with E-state index in [4.69, 9.17) is 0 Å². The van der Waals surface area contributed by atoms with Gasteiger partial charge >= 0.3 is 0 Å². The number of aryl methyl sites for hydroxylation is 1. The second kappa shape index (κ2) is 9.41. The number of likely N-dealkylation sites (tertiary alicyclic amines) is 1. The molecule has 7 nitrogen and oxygen atoms in total. The molecule has 0 spiro atoms. The van der Waals surface area contributed by atoms with Crippen LogP contribution in [0, 0.1) is 0 Å². The molecule has 1 atom stereocenters. The lowest BCUT2D eigenvalue weighted by atomic mass is 10.1. The van der Waals surface area contributed by atoms with E-state index in [0.29, 0.717) is 24.7 Å². The molecule has 0 bridgehead atoms. The van der Waals surface area contributed by atoms with Crippen LogP contribution in [0.5, 0.6) is 0 Å². The van der Waals surface area contributed by atoms with Crippen molar-refractivity contribution in [3.8, 4) is 11.4 Å². The molecule has 1 saturated heterocycles. The lowest BCUT2D eigenvalue weighted by Crippen LogP contribution is -2.40. The van der Waals surface area contributed by atoms with Crippen LogP contribution in [-0.2, 0) is 13.5 Å². The minimum absolute atomic E-state index is 0.101. The fraction of sp³-hybridized carbons (Fsp3) is 0.360. The molecule has 1 aliphatic rings. The van der Waals surface area contributed by atoms with Gasteiger partial charge in [-0.3, -0.25) is 19.4 Å². The smallest absolute Gasteiger partial charge is 0.269 e. The van der Waals surface area contributed by atoms with E-state index in [1.807, 2.05) is 49.1 Å². The summed E-state index contributed by atoms with van der Waals surface area (Å²) in [5.74, 6) is -0.101. The highest BCUT2D eigenvalue weighted by molar-refractivity contribution is 7.17. The molecule has 1 fully saturated rings. The van der Waals surface area contributed by atoms with Crippen LogP contribution < -0.4 is 5.32 Å². The van der Waals surface area contributed by atoms with Gasteiger partial charge in [0.25, 0.3) is 5.91 Å². The molecule has 1 amide bonds. The Morgan fingerprint density at radius 3 is 2.91 bits per heavy atom. The largest absolute Gasteiger partial charge is 0.349 e. The number of carbonyl (C=O) groups excluding carboxylic acids is 1. The molecular weight excluding hydrogens is 432 g/mol. The number of thiophene rings is 1. The van der Waals surface area contributed by atoms with Crippen LogP contribution >= 0.6 is 11.3 Å². The first-order valence-electron chi connectivity index (χ1n) is 11.4. The third-order valence-corrected chi connectivity index (χ3v) is 7.30. The first-order valence-corrected chi connectivity index (χ1v) is 12.3. The first-order chi connectivity index (χ1) is 16.1. The number of hydrogen-bond donors (Lipinski definition) is 1. The number of carbonyl (C=O) groups is 1. The zero-order chi connectivity index (χ0) is 22.8. The molecule has 0 aromatic carbocycles. The maximum Gasteiger partial charge on any atom is 0.269 e. The molecule has 1 aliphatic heterocycles. The average molecular weight is 461 g/mol. The lowest BCUT2D eigenvalue weighted by molar-refractivity contribution is 0.0936. The van der Waals surface area contributed by atoms with E-state index in [1.165, 1.54) is 6.42 Å². The van der Waals surface area contributed by atoms with Crippen LogP contribution in [0.15, 0.2) is 48.1 Å². The SMILES string of the molecule is CCN1CCC[C@H]1CNC(=O)c1cc(Cc2ccc(-c3ccn(C)n3)nc2)c2sccc2n1. The van der Waals surface area contributed by atoms with Gasteiger partial charge in [0.1, 0.15) is 11.4 Å². The van der Waals surface area contributed by atoms with E-state index in [1.54, 1.807) is 16.0 Å². The molecule has 0 saturated carbocycles. The van der Waals surface area contributed by atoms with Gasteiger partial charge in [0.15, 0.2) is 0 Å². The second-order valence-electron chi connectivity index (χ2n) is 8.54. The summed E-state index contributed by atoms with van der Waals surface area (Å²) in [5, 5.41) is 9.57. The Morgan fingerprint density at radius 2 is 2.15 bits per heavy atom. The third kappa shape index (κ3) is 4.67. The normalized spacial score (nSPS) is 16.5. The highest BCUT2D eigenvalue weighted by atomic mass is 32.1. The first kappa shape index (κ1) is 21.7. The van der Waals surface area contributed by atoms with E-state index in [0.717, 1.165) is 52.2 Å². The van der Waals surface area contributed by atoms with E-state index in [2.05, 4.69) is 38.3 Å². The standard InChI is InChI=1S/C25H28N6OS/c1-3-31-10-4-5-19(31)16-27-25(32)23-14-18(24-22(28-23)9-12-33-24)13-17-6-7-20(26-15-17)21-8-11-30(2)29-21/h6-9,11-12,14-15,19H,3-5,10,13,16H2,1-2H3,(H,27,32)/t19-/m0/s1. The topological polar surface area (TPSA) is 75.9 Å². The van der Waals surface area contributed by atoms with Crippen molar-refractivity contribution in [2.45, 2.75) is 32.2 Å². The lowest BCUT2D eigenvalue weighted by Gasteiger charge is -2.22. The summed E-state index contributed by atoms with van der Waals surface area (Å²) >= 11 is 1.66. The summed E-state index contributed by atoms with van der Waals surface area (Å²) in [6, 6.07) is 10.4. The third-order valence-electron chi connectivity index (χ3n) is 6.32. The number of amides is 1. The number of nitrogens with one attached hydrogen (secondary N) is 1. The second-order valence-corrected chi connectivity index (χ2v) is 9.46. The number of pyridine rings is 2. The maximum absolute atomic E-state index is 13.0. The molecule has 0 aliphatic carbocycles. The summed E-state index contributed by atoms with van der Waals surface area (Å²) in [4.78, 5) is 24.6. The van der Waals surface area contributed by atoms with Crippen LogP contribution in [0.1, 0.15) is 41.4 Å². The molecule has 5 heterocycles. The van der Waals surface area contributed by atoms with Crippen molar-refractivity contribution in [3.05, 3.63) is 64.9 Å². The van der Waals surface area contributed by atoms with Crippen LogP contribution in [0.4, 0.5) is 0 Å².